The Bertz CT molecular complexity index is 342. The van der Waals surface area contributed by atoms with Crippen LogP contribution in [0.1, 0.15) is 31.2 Å². The van der Waals surface area contributed by atoms with Crippen LogP contribution in [0.3, 0.4) is 0 Å². The molecule has 1 aromatic rings. The van der Waals surface area contributed by atoms with E-state index in [1.807, 2.05) is 11.8 Å². The molecule has 0 spiro atoms. The summed E-state index contributed by atoms with van der Waals surface area (Å²) in [5.41, 5.74) is 1.44. The Kier molecular flexibility index (Phi) is 4.57. The fourth-order valence-electron chi connectivity index (χ4n) is 2.25. The minimum Gasteiger partial charge on any atom is -0.372 e. The first kappa shape index (κ1) is 12.6. The molecule has 0 saturated carbocycles. The maximum Gasteiger partial charge on any atom is 0.248 e. The van der Waals surface area contributed by atoms with E-state index in [1.54, 1.807) is 11.3 Å². The Labute approximate surface area is 106 Å². The van der Waals surface area contributed by atoms with Gasteiger partial charge in [-0.3, -0.25) is 4.79 Å². The van der Waals surface area contributed by atoms with Crippen molar-refractivity contribution in [1.82, 2.24) is 4.90 Å². The molecular formula is C13H19NO2S. The molecule has 1 amide bonds. The second kappa shape index (κ2) is 6.17. The largest absolute Gasteiger partial charge is 0.372 e. The van der Waals surface area contributed by atoms with E-state index in [4.69, 9.17) is 4.74 Å². The number of hydrogen-bond acceptors (Lipinski definition) is 3. The number of rotatable bonds is 4. The Morgan fingerprint density at radius 3 is 2.88 bits per heavy atom. The summed E-state index contributed by atoms with van der Waals surface area (Å²) in [4.78, 5) is 13.7. The highest BCUT2D eigenvalue weighted by molar-refractivity contribution is 7.07. The van der Waals surface area contributed by atoms with Gasteiger partial charge in [0.2, 0.25) is 5.91 Å². The lowest BCUT2D eigenvalue weighted by atomic mass is 9.91. The number of likely N-dealkylation sites (tertiary alicyclic amines) is 1. The molecule has 0 bridgehead atoms. The number of nitrogens with zero attached hydrogens (tertiary/aromatic N) is 1. The van der Waals surface area contributed by atoms with Crippen LogP contribution in [0.4, 0.5) is 0 Å². The summed E-state index contributed by atoms with van der Waals surface area (Å²) in [6.07, 6.45) is 2.16. The molecule has 0 unspecified atom stereocenters. The van der Waals surface area contributed by atoms with Gasteiger partial charge in [-0.15, -0.1) is 0 Å². The topological polar surface area (TPSA) is 29.5 Å². The molecule has 1 aliphatic heterocycles. The van der Waals surface area contributed by atoms with Gasteiger partial charge in [0.25, 0.3) is 0 Å². The number of piperidine rings is 1. The van der Waals surface area contributed by atoms with E-state index in [1.165, 1.54) is 5.56 Å². The Balaban J connectivity index is 1.80. The average Bonchev–Trinajstić information content (AvgIpc) is 2.90. The highest BCUT2D eigenvalue weighted by Crippen LogP contribution is 2.29. The zero-order valence-electron chi connectivity index (χ0n) is 10.2. The maximum absolute atomic E-state index is 11.8. The lowest BCUT2D eigenvalue weighted by molar-refractivity contribution is -0.137. The van der Waals surface area contributed by atoms with Gasteiger partial charge in [-0.05, 0) is 48.1 Å². The van der Waals surface area contributed by atoms with E-state index in [0.29, 0.717) is 12.5 Å². The predicted octanol–water partition coefficient (Wildman–Crippen LogP) is 2.49. The van der Waals surface area contributed by atoms with Crippen LogP contribution in [-0.4, -0.2) is 37.1 Å². The van der Waals surface area contributed by atoms with Crippen molar-refractivity contribution in [1.29, 1.82) is 0 Å². The molecular weight excluding hydrogens is 234 g/mol. The smallest absolute Gasteiger partial charge is 0.248 e. The minimum absolute atomic E-state index is 0.135. The highest BCUT2D eigenvalue weighted by atomic mass is 32.1. The quantitative estimate of drug-likeness (QED) is 0.825. The Hall–Kier alpha value is -0.870. The molecule has 1 aromatic heterocycles. The minimum atomic E-state index is 0.135. The van der Waals surface area contributed by atoms with Crippen molar-refractivity contribution in [2.24, 2.45) is 0 Å². The molecule has 0 aliphatic carbocycles. The molecule has 3 nitrogen and oxygen atoms in total. The van der Waals surface area contributed by atoms with Crippen LogP contribution in [0.2, 0.25) is 0 Å². The molecule has 2 rings (SSSR count). The van der Waals surface area contributed by atoms with Gasteiger partial charge in [-0.1, -0.05) is 0 Å². The normalized spacial score (nSPS) is 17.4. The summed E-state index contributed by atoms with van der Waals surface area (Å²) < 4.78 is 5.16. The van der Waals surface area contributed by atoms with Crippen molar-refractivity contribution in [3.8, 4) is 0 Å². The molecule has 1 aliphatic rings. The van der Waals surface area contributed by atoms with Crippen LogP contribution in [-0.2, 0) is 9.53 Å². The van der Waals surface area contributed by atoms with Crippen LogP contribution in [0.5, 0.6) is 0 Å². The monoisotopic (exact) mass is 253 g/mol. The van der Waals surface area contributed by atoms with E-state index >= 15 is 0 Å². The van der Waals surface area contributed by atoms with Crippen LogP contribution in [0.15, 0.2) is 16.8 Å². The molecule has 0 aromatic carbocycles. The third-order valence-corrected chi connectivity index (χ3v) is 3.99. The van der Waals surface area contributed by atoms with Crippen LogP contribution >= 0.6 is 11.3 Å². The molecule has 4 heteroatoms. The van der Waals surface area contributed by atoms with Gasteiger partial charge in [0.1, 0.15) is 6.61 Å². The Morgan fingerprint density at radius 2 is 2.29 bits per heavy atom. The molecule has 0 atom stereocenters. The molecule has 2 heterocycles. The standard InChI is InChI=1S/C13H19NO2S/c1-2-16-9-13(15)14-6-3-11(4-7-14)12-5-8-17-10-12/h5,8,10-11H,2-4,6-7,9H2,1H3. The second-order valence-corrected chi connectivity index (χ2v) is 5.13. The molecule has 0 N–H and O–H groups in total. The zero-order chi connectivity index (χ0) is 12.1. The third kappa shape index (κ3) is 3.30. The Morgan fingerprint density at radius 1 is 1.53 bits per heavy atom. The van der Waals surface area contributed by atoms with Crippen molar-refractivity contribution in [3.63, 3.8) is 0 Å². The molecule has 1 saturated heterocycles. The lowest BCUT2D eigenvalue weighted by Crippen LogP contribution is -2.39. The fraction of sp³-hybridized carbons (Fsp3) is 0.615. The van der Waals surface area contributed by atoms with E-state index in [-0.39, 0.29) is 12.5 Å². The van der Waals surface area contributed by atoms with Gasteiger partial charge in [0.15, 0.2) is 0 Å². The average molecular weight is 253 g/mol. The van der Waals surface area contributed by atoms with Crippen LogP contribution in [0, 0.1) is 0 Å². The van der Waals surface area contributed by atoms with Gasteiger partial charge < -0.3 is 9.64 Å². The number of ether oxygens (including phenoxy) is 1. The number of thiophene rings is 1. The first-order valence-electron chi connectivity index (χ1n) is 6.19. The number of amides is 1. The van der Waals surface area contributed by atoms with E-state index in [9.17, 15) is 4.79 Å². The van der Waals surface area contributed by atoms with E-state index < -0.39 is 0 Å². The summed E-state index contributed by atoms with van der Waals surface area (Å²) >= 11 is 1.75. The first-order valence-corrected chi connectivity index (χ1v) is 7.13. The van der Waals surface area contributed by atoms with Gasteiger partial charge in [0, 0.05) is 19.7 Å². The first-order chi connectivity index (χ1) is 8.31. The second-order valence-electron chi connectivity index (χ2n) is 4.35. The third-order valence-electron chi connectivity index (χ3n) is 3.29. The summed E-state index contributed by atoms with van der Waals surface area (Å²) in [6, 6.07) is 2.20. The lowest BCUT2D eigenvalue weighted by Gasteiger charge is -2.31. The number of carbonyl (C=O) groups is 1. The molecule has 17 heavy (non-hydrogen) atoms. The van der Waals surface area contributed by atoms with Crippen molar-refractivity contribution in [2.45, 2.75) is 25.7 Å². The summed E-state index contributed by atoms with van der Waals surface area (Å²) in [5, 5.41) is 4.35. The number of hydrogen-bond donors (Lipinski definition) is 0. The van der Waals surface area contributed by atoms with Gasteiger partial charge in [0.05, 0.1) is 0 Å². The zero-order valence-corrected chi connectivity index (χ0v) is 11.0. The van der Waals surface area contributed by atoms with E-state index in [0.717, 1.165) is 25.9 Å². The summed E-state index contributed by atoms with van der Waals surface area (Å²) in [5.74, 6) is 0.771. The van der Waals surface area contributed by atoms with E-state index in [2.05, 4.69) is 16.8 Å². The SMILES string of the molecule is CCOCC(=O)N1CCC(c2ccsc2)CC1. The van der Waals surface area contributed by atoms with Crippen molar-refractivity contribution < 1.29 is 9.53 Å². The molecule has 1 fully saturated rings. The van der Waals surface area contributed by atoms with Crippen molar-refractivity contribution in [3.05, 3.63) is 22.4 Å². The maximum atomic E-state index is 11.8. The number of carbonyl (C=O) groups excluding carboxylic acids is 1. The molecule has 94 valence electrons. The predicted molar refractivity (Wildman–Crippen MR) is 69.4 cm³/mol. The summed E-state index contributed by atoms with van der Waals surface area (Å²) in [6.45, 7) is 4.49. The van der Waals surface area contributed by atoms with Gasteiger partial charge in [-0.25, -0.2) is 0 Å². The van der Waals surface area contributed by atoms with Crippen molar-refractivity contribution in [2.75, 3.05) is 26.3 Å². The van der Waals surface area contributed by atoms with Gasteiger partial charge >= 0.3 is 0 Å². The van der Waals surface area contributed by atoms with Gasteiger partial charge in [-0.2, -0.15) is 11.3 Å². The van der Waals surface area contributed by atoms with Crippen molar-refractivity contribution >= 4 is 17.2 Å². The van der Waals surface area contributed by atoms with Crippen LogP contribution in [0.25, 0.3) is 0 Å². The fourth-order valence-corrected chi connectivity index (χ4v) is 2.99. The molecule has 0 radical (unpaired) electrons. The summed E-state index contributed by atoms with van der Waals surface area (Å²) in [7, 11) is 0. The van der Waals surface area contributed by atoms with Crippen LogP contribution < -0.4 is 0 Å². The highest BCUT2D eigenvalue weighted by Gasteiger charge is 2.23.